The topological polar surface area (TPSA) is 73.9 Å². The van der Waals surface area contributed by atoms with Crippen molar-refractivity contribution in [3.63, 3.8) is 0 Å². The minimum Gasteiger partial charge on any atom is -0.379 e. The standard InChI is InChI=1S/C30H31F3N4O3/c31-30(32,33)24-7-3-6-22(18-24)28(38)35-25-8-9-27(37-12-10-21-4-1-2-5-23(21)20-37)26(19-25)29(39)34-11-13-36-14-16-40-17-15-36/h1-9,18-19H,10-17,20H2,(H,34,39)(H,35,38). The molecule has 2 N–H and O–H groups in total. The molecule has 0 aliphatic carbocycles. The van der Waals surface area contributed by atoms with Gasteiger partial charge in [-0.25, -0.2) is 0 Å². The van der Waals surface area contributed by atoms with Gasteiger partial charge >= 0.3 is 6.18 Å². The van der Waals surface area contributed by atoms with Gasteiger partial charge in [0.15, 0.2) is 0 Å². The van der Waals surface area contributed by atoms with E-state index in [1.165, 1.54) is 23.3 Å². The molecule has 5 rings (SSSR count). The van der Waals surface area contributed by atoms with Gasteiger partial charge in [-0.15, -0.1) is 0 Å². The second-order valence-corrected chi connectivity index (χ2v) is 9.91. The Labute approximate surface area is 230 Å². The first-order valence-electron chi connectivity index (χ1n) is 13.3. The van der Waals surface area contributed by atoms with Crippen LogP contribution in [0.1, 0.15) is 37.4 Å². The summed E-state index contributed by atoms with van der Waals surface area (Å²) < 4.78 is 44.8. The number of nitrogens with one attached hydrogen (secondary N) is 2. The summed E-state index contributed by atoms with van der Waals surface area (Å²) in [7, 11) is 0. The summed E-state index contributed by atoms with van der Waals surface area (Å²) in [5.74, 6) is -0.971. The highest BCUT2D eigenvalue weighted by atomic mass is 19.4. The summed E-state index contributed by atoms with van der Waals surface area (Å²) >= 11 is 0. The summed E-state index contributed by atoms with van der Waals surface area (Å²) in [5.41, 5.74) is 2.89. The first-order chi connectivity index (χ1) is 19.3. The molecule has 2 aliphatic heterocycles. The number of halogens is 3. The Morgan fingerprint density at radius 2 is 1.65 bits per heavy atom. The number of benzene rings is 3. The number of ether oxygens (including phenoxy) is 1. The largest absolute Gasteiger partial charge is 0.416 e. The second kappa shape index (κ2) is 12.1. The summed E-state index contributed by atoms with van der Waals surface area (Å²) in [6.07, 6.45) is -3.72. The van der Waals surface area contributed by atoms with Crippen molar-refractivity contribution >= 4 is 23.2 Å². The average molecular weight is 553 g/mol. The van der Waals surface area contributed by atoms with Crippen LogP contribution in [-0.2, 0) is 23.9 Å². The van der Waals surface area contributed by atoms with Gasteiger partial charge < -0.3 is 20.3 Å². The molecule has 0 saturated carbocycles. The molecule has 2 aliphatic rings. The smallest absolute Gasteiger partial charge is 0.379 e. The molecule has 1 fully saturated rings. The number of nitrogens with zero attached hydrogens (tertiary/aromatic N) is 2. The SMILES string of the molecule is O=C(Nc1ccc(N2CCc3ccccc3C2)c(C(=O)NCCN2CCOCC2)c1)c1cccc(C(F)(F)F)c1. The van der Waals surface area contributed by atoms with E-state index in [4.69, 9.17) is 4.74 Å². The van der Waals surface area contributed by atoms with Gasteiger partial charge in [0.1, 0.15) is 0 Å². The van der Waals surface area contributed by atoms with E-state index in [9.17, 15) is 22.8 Å². The summed E-state index contributed by atoms with van der Waals surface area (Å²) in [6.45, 7) is 5.46. The van der Waals surface area contributed by atoms with Crippen LogP contribution >= 0.6 is 0 Å². The normalized spacial score (nSPS) is 15.8. The molecule has 210 valence electrons. The number of carbonyl (C=O) groups excluding carboxylic acids is 2. The zero-order valence-electron chi connectivity index (χ0n) is 22.0. The maximum atomic E-state index is 13.4. The quantitative estimate of drug-likeness (QED) is 0.449. The third-order valence-electron chi connectivity index (χ3n) is 7.24. The fraction of sp³-hybridized carbons (Fsp3) is 0.333. The van der Waals surface area contributed by atoms with E-state index in [0.29, 0.717) is 44.1 Å². The van der Waals surface area contributed by atoms with Crippen LogP contribution in [0.15, 0.2) is 66.7 Å². The van der Waals surface area contributed by atoms with Crippen molar-refractivity contribution in [3.8, 4) is 0 Å². The molecule has 2 heterocycles. The predicted molar refractivity (Wildman–Crippen MR) is 147 cm³/mol. The number of morpholine rings is 1. The molecule has 2 amide bonds. The number of fused-ring (bicyclic) bond motifs is 1. The van der Waals surface area contributed by atoms with Crippen molar-refractivity contribution in [1.82, 2.24) is 10.2 Å². The van der Waals surface area contributed by atoms with Crippen molar-refractivity contribution < 1.29 is 27.5 Å². The molecule has 3 aromatic carbocycles. The Bertz CT molecular complexity index is 1370. The maximum absolute atomic E-state index is 13.4. The molecule has 0 radical (unpaired) electrons. The zero-order chi connectivity index (χ0) is 28.1. The van der Waals surface area contributed by atoms with Crippen LogP contribution in [0.5, 0.6) is 0 Å². The van der Waals surface area contributed by atoms with Gasteiger partial charge in [0.25, 0.3) is 11.8 Å². The number of amides is 2. The van der Waals surface area contributed by atoms with Gasteiger partial charge in [0.05, 0.1) is 24.3 Å². The highest BCUT2D eigenvalue weighted by Crippen LogP contribution is 2.31. The Hall–Kier alpha value is -3.89. The zero-order valence-corrected chi connectivity index (χ0v) is 22.0. The summed E-state index contributed by atoms with van der Waals surface area (Å²) in [6, 6.07) is 17.5. The molecule has 3 aromatic rings. The third-order valence-corrected chi connectivity index (χ3v) is 7.24. The van der Waals surface area contributed by atoms with Gasteiger partial charge in [-0.2, -0.15) is 13.2 Å². The molecule has 0 atom stereocenters. The molecule has 0 aromatic heterocycles. The average Bonchev–Trinajstić information content (AvgIpc) is 2.97. The number of hydrogen-bond donors (Lipinski definition) is 2. The third kappa shape index (κ3) is 6.63. The molecule has 0 unspecified atom stereocenters. The maximum Gasteiger partial charge on any atom is 0.416 e. The molecule has 10 heteroatoms. The van der Waals surface area contributed by atoms with Gasteiger partial charge in [-0.05, 0) is 53.9 Å². The number of anilines is 2. The lowest BCUT2D eigenvalue weighted by Gasteiger charge is -2.32. The van der Waals surface area contributed by atoms with Crippen LogP contribution in [0.4, 0.5) is 24.5 Å². The molecular weight excluding hydrogens is 521 g/mol. The molecule has 0 bridgehead atoms. The highest BCUT2D eigenvalue weighted by Gasteiger charge is 2.31. The van der Waals surface area contributed by atoms with E-state index in [0.717, 1.165) is 43.9 Å². The number of rotatable bonds is 7. The van der Waals surface area contributed by atoms with Crippen LogP contribution in [-0.4, -0.2) is 62.7 Å². The van der Waals surface area contributed by atoms with Crippen LogP contribution < -0.4 is 15.5 Å². The summed E-state index contributed by atoms with van der Waals surface area (Å²) in [5, 5.41) is 5.65. The lowest BCUT2D eigenvalue weighted by Crippen LogP contribution is -2.41. The fourth-order valence-electron chi connectivity index (χ4n) is 5.06. The van der Waals surface area contributed by atoms with E-state index in [-0.39, 0.29) is 11.5 Å². The molecular formula is C30H31F3N4O3. The van der Waals surface area contributed by atoms with E-state index >= 15 is 0 Å². The van der Waals surface area contributed by atoms with Crippen molar-refractivity contribution in [1.29, 1.82) is 0 Å². The van der Waals surface area contributed by atoms with Crippen molar-refractivity contribution in [2.45, 2.75) is 19.1 Å². The lowest BCUT2D eigenvalue weighted by atomic mass is 9.98. The van der Waals surface area contributed by atoms with Crippen molar-refractivity contribution in [2.24, 2.45) is 0 Å². The molecule has 7 nitrogen and oxygen atoms in total. The van der Waals surface area contributed by atoms with Crippen LogP contribution in [0.3, 0.4) is 0 Å². The van der Waals surface area contributed by atoms with Gasteiger partial charge in [-0.1, -0.05) is 30.3 Å². The molecule has 40 heavy (non-hydrogen) atoms. The Kier molecular flexibility index (Phi) is 8.37. The van der Waals surface area contributed by atoms with Crippen molar-refractivity contribution in [3.05, 3.63) is 94.5 Å². The van der Waals surface area contributed by atoms with E-state index in [2.05, 4.69) is 32.6 Å². The monoisotopic (exact) mass is 552 g/mol. The van der Waals surface area contributed by atoms with Gasteiger partial charge in [0.2, 0.25) is 0 Å². The van der Waals surface area contributed by atoms with Crippen LogP contribution in [0.2, 0.25) is 0 Å². The van der Waals surface area contributed by atoms with Crippen LogP contribution in [0, 0.1) is 0 Å². The van der Waals surface area contributed by atoms with E-state index in [1.807, 2.05) is 12.1 Å². The highest BCUT2D eigenvalue weighted by molar-refractivity contribution is 6.06. The minimum atomic E-state index is -4.56. The number of alkyl halides is 3. The van der Waals surface area contributed by atoms with Crippen molar-refractivity contribution in [2.75, 3.05) is 56.2 Å². The molecule has 1 saturated heterocycles. The van der Waals surface area contributed by atoms with E-state index < -0.39 is 17.6 Å². The number of carbonyl (C=O) groups is 2. The second-order valence-electron chi connectivity index (χ2n) is 9.91. The molecule has 0 spiro atoms. The van der Waals surface area contributed by atoms with Crippen LogP contribution in [0.25, 0.3) is 0 Å². The summed E-state index contributed by atoms with van der Waals surface area (Å²) in [4.78, 5) is 30.6. The fourth-order valence-corrected chi connectivity index (χ4v) is 5.06. The van der Waals surface area contributed by atoms with E-state index in [1.54, 1.807) is 18.2 Å². The minimum absolute atomic E-state index is 0.122. The Morgan fingerprint density at radius 3 is 2.42 bits per heavy atom. The first-order valence-corrected chi connectivity index (χ1v) is 13.3. The number of hydrogen-bond acceptors (Lipinski definition) is 5. The van der Waals surface area contributed by atoms with Gasteiger partial charge in [0, 0.05) is 56.2 Å². The first kappa shape index (κ1) is 27.7. The predicted octanol–water partition coefficient (Wildman–Crippen LogP) is 4.58. The lowest BCUT2D eigenvalue weighted by molar-refractivity contribution is -0.137. The Morgan fingerprint density at radius 1 is 0.875 bits per heavy atom. The van der Waals surface area contributed by atoms with Gasteiger partial charge in [-0.3, -0.25) is 14.5 Å². The Balaban J connectivity index is 1.36.